The van der Waals surface area contributed by atoms with Crippen LogP contribution in [0.1, 0.15) is 52.7 Å². The molecule has 0 saturated carbocycles. The number of nitrogens with one attached hydrogen (secondary N) is 1. The van der Waals surface area contributed by atoms with Crippen LogP contribution in [0.3, 0.4) is 0 Å². The second kappa shape index (κ2) is 9.27. The minimum Gasteiger partial charge on any atom is -0.478 e. The monoisotopic (exact) mass is 429 g/mol. The summed E-state index contributed by atoms with van der Waals surface area (Å²) in [4.78, 5) is 23.8. The van der Waals surface area contributed by atoms with Gasteiger partial charge in [0.25, 0.3) is 0 Å². The number of amides is 1. The number of fused-ring (bicyclic) bond motifs is 3. The Morgan fingerprint density at radius 1 is 0.938 bits per heavy atom. The molecular formula is C27H27NO4. The Morgan fingerprint density at radius 3 is 2.16 bits per heavy atom. The average Bonchev–Trinajstić information content (AvgIpc) is 3.11. The topological polar surface area (TPSA) is 75.6 Å². The SMILES string of the molecule is CC(C)C(CNC(=O)OCC1c2ccccc2-c2ccccc21)c1cccc(C(=O)O)c1. The van der Waals surface area contributed by atoms with Crippen molar-refractivity contribution in [1.82, 2.24) is 5.32 Å². The maximum absolute atomic E-state index is 12.5. The smallest absolute Gasteiger partial charge is 0.407 e. The average molecular weight is 430 g/mol. The standard InChI is InChI=1S/C27H27NO4/c1-17(2)24(18-8-7-9-19(14-18)26(29)30)15-28-27(31)32-16-25-22-12-5-3-10-20(22)21-11-4-6-13-23(21)25/h3-14,17,24-25H,15-16H2,1-2H3,(H,28,31)(H,29,30). The number of carbonyl (C=O) groups excluding carboxylic acids is 1. The van der Waals surface area contributed by atoms with Gasteiger partial charge in [-0.1, -0.05) is 74.5 Å². The summed E-state index contributed by atoms with van der Waals surface area (Å²) in [6.45, 7) is 4.74. The molecule has 1 atom stereocenters. The maximum atomic E-state index is 12.5. The molecule has 164 valence electrons. The number of carboxylic acids is 1. The van der Waals surface area contributed by atoms with E-state index < -0.39 is 12.1 Å². The Kier molecular flexibility index (Phi) is 6.26. The molecule has 2 N–H and O–H groups in total. The van der Waals surface area contributed by atoms with Gasteiger partial charge in [0.05, 0.1) is 5.56 Å². The van der Waals surface area contributed by atoms with Crippen molar-refractivity contribution >= 4 is 12.1 Å². The molecule has 5 heteroatoms. The van der Waals surface area contributed by atoms with E-state index in [1.165, 1.54) is 22.3 Å². The minimum absolute atomic E-state index is 0.0151. The molecule has 1 amide bonds. The Hall–Kier alpha value is -3.60. The predicted molar refractivity (Wildman–Crippen MR) is 124 cm³/mol. The van der Waals surface area contributed by atoms with Crippen molar-refractivity contribution in [3.8, 4) is 11.1 Å². The summed E-state index contributed by atoms with van der Waals surface area (Å²) < 4.78 is 5.62. The first-order valence-electron chi connectivity index (χ1n) is 10.9. The van der Waals surface area contributed by atoms with Gasteiger partial charge in [-0.3, -0.25) is 0 Å². The highest BCUT2D eigenvalue weighted by atomic mass is 16.5. The molecule has 0 saturated heterocycles. The van der Waals surface area contributed by atoms with Gasteiger partial charge < -0.3 is 15.2 Å². The van der Waals surface area contributed by atoms with Crippen molar-refractivity contribution in [2.75, 3.05) is 13.2 Å². The van der Waals surface area contributed by atoms with Crippen molar-refractivity contribution in [3.63, 3.8) is 0 Å². The summed E-state index contributed by atoms with van der Waals surface area (Å²) in [5.74, 6) is -0.747. The predicted octanol–water partition coefficient (Wildman–Crippen LogP) is 5.66. The van der Waals surface area contributed by atoms with Crippen LogP contribution in [-0.4, -0.2) is 30.3 Å². The lowest BCUT2D eigenvalue weighted by molar-refractivity contribution is 0.0696. The lowest BCUT2D eigenvalue weighted by atomic mass is 9.87. The van der Waals surface area contributed by atoms with E-state index in [0.29, 0.717) is 6.54 Å². The summed E-state index contributed by atoms with van der Waals surface area (Å²) in [5.41, 5.74) is 5.86. The van der Waals surface area contributed by atoms with Crippen LogP contribution in [0, 0.1) is 5.92 Å². The second-order valence-electron chi connectivity index (χ2n) is 8.49. The first-order chi connectivity index (χ1) is 15.5. The number of carbonyl (C=O) groups is 2. The molecule has 3 aromatic rings. The molecule has 0 spiro atoms. The molecule has 0 fully saturated rings. The molecule has 0 bridgehead atoms. The van der Waals surface area contributed by atoms with E-state index >= 15 is 0 Å². The summed E-state index contributed by atoms with van der Waals surface area (Å²) in [7, 11) is 0. The number of hydrogen-bond donors (Lipinski definition) is 2. The summed E-state index contributed by atoms with van der Waals surface area (Å²) in [5, 5.41) is 12.1. The zero-order valence-corrected chi connectivity index (χ0v) is 18.2. The van der Waals surface area contributed by atoms with Crippen molar-refractivity contribution in [3.05, 3.63) is 95.1 Å². The molecule has 32 heavy (non-hydrogen) atoms. The van der Waals surface area contributed by atoms with Gasteiger partial charge >= 0.3 is 12.1 Å². The van der Waals surface area contributed by atoms with Crippen molar-refractivity contribution in [1.29, 1.82) is 0 Å². The highest BCUT2D eigenvalue weighted by molar-refractivity contribution is 5.87. The van der Waals surface area contributed by atoms with Crippen LogP contribution < -0.4 is 5.32 Å². The molecule has 3 aromatic carbocycles. The molecule has 0 aliphatic heterocycles. The van der Waals surface area contributed by atoms with Gasteiger partial charge in [-0.2, -0.15) is 0 Å². The lowest BCUT2D eigenvalue weighted by Gasteiger charge is -2.22. The molecule has 1 unspecified atom stereocenters. The molecule has 1 aliphatic rings. The molecule has 5 nitrogen and oxygen atoms in total. The Balaban J connectivity index is 1.41. The Morgan fingerprint density at radius 2 is 1.56 bits per heavy atom. The van der Waals surface area contributed by atoms with E-state index in [4.69, 9.17) is 4.74 Å². The fourth-order valence-corrected chi connectivity index (χ4v) is 4.48. The molecular weight excluding hydrogens is 402 g/mol. The van der Waals surface area contributed by atoms with Gasteiger partial charge in [0.1, 0.15) is 6.61 Å². The second-order valence-corrected chi connectivity index (χ2v) is 8.49. The highest BCUT2D eigenvalue weighted by Gasteiger charge is 2.29. The van der Waals surface area contributed by atoms with Gasteiger partial charge in [-0.25, -0.2) is 9.59 Å². The summed E-state index contributed by atoms with van der Waals surface area (Å²) >= 11 is 0. The van der Waals surface area contributed by atoms with E-state index in [-0.39, 0.29) is 29.9 Å². The number of hydrogen-bond acceptors (Lipinski definition) is 3. The van der Waals surface area contributed by atoms with E-state index in [1.54, 1.807) is 18.2 Å². The summed E-state index contributed by atoms with van der Waals surface area (Å²) in [6.07, 6.45) is -0.466. The van der Waals surface area contributed by atoms with Crippen LogP contribution in [-0.2, 0) is 4.74 Å². The van der Waals surface area contributed by atoms with Crippen LogP contribution in [0.2, 0.25) is 0 Å². The van der Waals surface area contributed by atoms with Crippen LogP contribution in [0.4, 0.5) is 4.79 Å². The normalized spacial score (nSPS) is 13.3. The largest absolute Gasteiger partial charge is 0.478 e. The molecule has 0 heterocycles. The minimum atomic E-state index is -0.959. The fourth-order valence-electron chi connectivity index (χ4n) is 4.48. The van der Waals surface area contributed by atoms with Crippen LogP contribution in [0.25, 0.3) is 11.1 Å². The van der Waals surface area contributed by atoms with Crippen LogP contribution >= 0.6 is 0 Å². The van der Waals surface area contributed by atoms with Gasteiger partial charge in [0, 0.05) is 18.4 Å². The number of alkyl carbamates (subject to hydrolysis) is 1. The van der Waals surface area contributed by atoms with Gasteiger partial charge in [0.2, 0.25) is 0 Å². The van der Waals surface area contributed by atoms with Crippen LogP contribution in [0.5, 0.6) is 0 Å². The van der Waals surface area contributed by atoms with Crippen molar-refractivity contribution in [2.45, 2.75) is 25.7 Å². The van der Waals surface area contributed by atoms with E-state index in [2.05, 4.69) is 43.4 Å². The van der Waals surface area contributed by atoms with E-state index in [9.17, 15) is 14.7 Å². The maximum Gasteiger partial charge on any atom is 0.407 e. The quantitative estimate of drug-likeness (QED) is 0.508. The third-order valence-electron chi connectivity index (χ3n) is 6.18. The molecule has 1 aliphatic carbocycles. The fraction of sp³-hybridized carbons (Fsp3) is 0.259. The first kappa shape index (κ1) is 21.6. The van der Waals surface area contributed by atoms with Crippen molar-refractivity contribution < 1.29 is 19.4 Å². The Bertz CT molecular complexity index is 1090. The zero-order chi connectivity index (χ0) is 22.7. The number of carboxylic acid groups (broad SMARTS) is 1. The van der Waals surface area contributed by atoms with Gasteiger partial charge in [-0.05, 0) is 45.9 Å². The number of rotatable bonds is 7. The lowest BCUT2D eigenvalue weighted by Crippen LogP contribution is -2.31. The highest BCUT2D eigenvalue weighted by Crippen LogP contribution is 2.44. The van der Waals surface area contributed by atoms with Gasteiger partial charge in [-0.15, -0.1) is 0 Å². The molecule has 0 aromatic heterocycles. The van der Waals surface area contributed by atoms with E-state index in [1.807, 2.05) is 30.3 Å². The zero-order valence-electron chi connectivity index (χ0n) is 18.2. The Labute approximate surface area is 188 Å². The number of aromatic carboxylic acids is 1. The number of benzene rings is 3. The summed E-state index contributed by atoms with van der Waals surface area (Å²) in [6, 6.07) is 23.3. The van der Waals surface area contributed by atoms with E-state index in [0.717, 1.165) is 5.56 Å². The van der Waals surface area contributed by atoms with Crippen LogP contribution in [0.15, 0.2) is 72.8 Å². The molecule has 4 rings (SSSR count). The van der Waals surface area contributed by atoms with Gasteiger partial charge in [0.15, 0.2) is 0 Å². The molecule has 0 radical (unpaired) electrons. The van der Waals surface area contributed by atoms with Crippen molar-refractivity contribution in [2.24, 2.45) is 5.92 Å². The third-order valence-corrected chi connectivity index (χ3v) is 6.18. The third kappa shape index (κ3) is 4.37. The number of ether oxygens (including phenoxy) is 1. The first-order valence-corrected chi connectivity index (χ1v) is 10.9.